The molecule has 0 heterocycles. The Hall–Kier alpha value is -1.97. The zero-order valence-corrected chi connectivity index (χ0v) is 13.2. The highest BCUT2D eigenvalue weighted by Gasteiger charge is 2.16. The van der Waals surface area contributed by atoms with Crippen LogP contribution in [0, 0.1) is 5.92 Å². The van der Waals surface area contributed by atoms with Crippen LogP contribution in [0.2, 0.25) is 0 Å². The van der Waals surface area contributed by atoms with Crippen LogP contribution in [0.1, 0.15) is 20.8 Å². The summed E-state index contributed by atoms with van der Waals surface area (Å²) in [5, 5.41) is 9.07. The molecular formula is C17H26N2O2. The minimum atomic E-state index is -0.774. The van der Waals surface area contributed by atoms with Crippen LogP contribution in [0.25, 0.3) is 0 Å². The van der Waals surface area contributed by atoms with Crippen LogP contribution in [0.3, 0.4) is 0 Å². The van der Waals surface area contributed by atoms with Gasteiger partial charge in [0.05, 0.1) is 5.92 Å². The fourth-order valence-corrected chi connectivity index (χ4v) is 2.31. The van der Waals surface area contributed by atoms with Gasteiger partial charge in [0.2, 0.25) is 0 Å². The smallest absolute Gasteiger partial charge is 0.308 e. The molecule has 1 aromatic rings. The molecule has 1 N–H and O–H groups in total. The Balaban J connectivity index is 2.88. The van der Waals surface area contributed by atoms with E-state index >= 15 is 0 Å². The van der Waals surface area contributed by atoms with Gasteiger partial charge in [0.15, 0.2) is 0 Å². The standard InChI is InChI=1S/C17H26N2O2/c1-5-12-19(13-14(4)17(20)21)16-10-8-15(9-11-16)18(6-2)7-3/h5,8-11,14H,1,6-7,12-13H2,2-4H3,(H,20,21). The third-order valence-corrected chi connectivity index (χ3v) is 3.61. The number of rotatable bonds is 9. The zero-order valence-electron chi connectivity index (χ0n) is 13.2. The summed E-state index contributed by atoms with van der Waals surface area (Å²) < 4.78 is 0. The molecule has 0 bridgehead atoms. The summed E-state index contributed by atoms with van der Waals surface area (Å²) >= 11 is 0. The number of anilines is 2. The van der Waals surface area contributed by atoms with E-state index in [0.717, 1.165) is 18.8 Å². The normalized spacial score (nSPS) is 11.8. The molecule has 1 rings (SSSR count). The maximum absolute atomic E-state index is 11.0. The second kappa shape index (κ2) is 8.35. The lowest BCUT2D eigenvalue weighted by Crippen LogP contribution is -2.32. The van der Waals surface area contributed by atoms with Gasteiger partial charge in [-0.1, -0.05) is 13.0 Å². The molecule has 0 spiro atoms. The molecule has 0 aromatic heterocycles. The van der Waals surface area contributed by atoms with Gasteiger partial charge < -0.3 is 14.9 Å². The molecule has 0 radical (unpaired) electrons. The summed E-state index contributed by atoms with van der Waals surface area (Å²) in [5.74, 6) is -1.18. The van der Waals surface area contributed by atoms with E-state index in [0.29, 0.717) is 13.1 Å². The first-order chi connectivity index (χ1) is 10.0. The Bertz CT molecular complexity index is 452. The van der Waals surface area contributed by atoms with Crippen molar-refractivity contribution in [2.75, 3.05) is 36.0 Å². The average molecular weight is 290 g/mol. The quantitative estimate of drug-likeness (QED) is 0.709. The highest BCUT2D eigenvalue weighted by Crippen LogP contribution is 2.21. The van der Waals surface area contributed by atoms with Crippen molar-refractivity contribution in [1.29, 1.82) is 0 Å². The number of hydrogen-bond donors (Lipinski definition) is 1. The minimum Gasteiger partial charge on any atom is -0.481 e. The maximum atomic E-state index is 11.0. The van der Waals surface area contributed by atoms with E-state index in [4.69, 9.17) is 5.11 Å². The third-order valence-electron chi connectivity index (χ3n) is 3.61. The van der Waals surface area contributed by atoms with Crippen molar-refractivity contribution in [3.8, 4) is 0 Å². The van der Waals surface area contributed by atoms with E-state index in [1.54, 1.807) is 13.0 Å². The fraction of sp³-hybridized carbons (Fsp3) is 0.471. The second-order valence-electron chi connectivity index (χ2n) is 5.12. The van der Waals surface area contributed by atoms with E-state index in [1.165, 1.54) is 5.69 Å². The van der Waals surface area contributed by atoms with E-state index in [-0.39, 0.29) is 0 Å². The Labute approximate surface area is 127 Å². The van der Waals surface area contributed by atoms with Crippen LogP contribution in [-0.4, -0.2) is 37.3 Å². The highest BCUT2D eigenvalue weighted by atomic mass is 16.4. The highest BCUT2D eigenvalue weighted by molar-refractivity contribution is 5.70. The van der Waals surface area contributed by atoms with Gasteiger partial charge in [0.25, 0.3) is 0 Å². The molecule has 0 fully saturated rings. The molecule has 0 saturated carbocycles. The van der Waals surface area contributed by atoms with Crippen LogP contribution in [0.15, 0.2) is 36.9 Å². The van der Waals surface area contributed by atoms with E-state index in [9.17, 15) is 4.79 Å². The number of aliphatic carboxylic acids is 1. The summed E-state index contributed by atoms with van der Waals surface area (Å²) in [5.41, 5.74) is 2.22. The van der Waals surface area contributed by atoms with Gasteiger partial charge in [-0.2, -0.15) is 0 Å². The van der Waals surface area contributed by atoms with Gasteiger partial charge in [-0.25, -0.2) is 0 Å². The first-order valence-corrected chi connectivity index (χ1v) is 7.47. The SMILES string of the molecule is C=CCN(CC(C)C(=O)O)c1ccc(N(CC)CC)cc1. The predicted molar refractivity (Wildman–Crippen MR) is 89.2 cm³/mol. The Morgan fingerprint density at radius 2 is 1.67 bits per heavy atom. The molecule has 0 saturated heterocycles. The van der Waals surface area contributed by atoms with Crippen LogP contribution in [0.5, 0.6) is 0 Å². The van der Waals surface area contributed by atoms with Crippen molar-refractivity contribution >= 4 is 17.3 Å². The molecule has 116 valence electrons. The van der Waals surface area contributed by atoms with Crippen LogP contribution >= 0.6 is 0 Å². The second-order valence-corrected chi connectivity index (χ2v) is 5.12. The van der Waals surface area contributed by atoms with E-state index in [2.05, 4.69) is 37.5 Å². The van der Waals surface area contributed by atoms with E-state index in [1.807, 2.05) is 17.0 Å². The lowest BCUT2D eigenvalue weighted by molar-refractivity contribution is -0.140. The van der Waals surface area contributed by atoms with Crippen molar-refractivity contribution in [2.24, 2.45) is 5.92 Å². The monoisotopic (exact) mass is 290 g/mol. The summed E-state index contributed by atoms with van der Waals surface area (Å²) in [6.07, 6.45) is 1.80. The topological polar surface area (TPSA) is 43.8 Å². The van der Waals surface area contributed by atoms with Gasteiger partial charge in [-0.15, -0.1) is 6.58 Å². The molecular weight excluding hydrogens is 264 g/mol. The fourth-order valence-electron chi connectivity index (χ4n) is 2.31. The number of carboxylic acids is 1. The van der Waals surface area contributed by atoms with Gasteiger partial charge in [-0.05, 0) is 38.1 Å². The van der Waals surface area contributed by atoms with E-state index < -0.39 is 11.9 Å². The summed E-state index contributed by atoms with van der Waals surface area (Å²) in [4.78, 5) is 15.4. The van der Waals surface area contributed by atoms with Gasteiger partial charge >= 0.3 is 5.97 Å². The minimum absolute atomic E-state index is 0.410. The first kappa shape index (κ1) is 17.1. The lowest BCUT2D eigenvalue weighted by Gasteiger charge is -2.27. The number of carbonyl (C=O) groups is 1. The van der Waals surface area contributed by atoms with Crippen LogP contribution in [-0.2, 0) is 4.79 Å². The molecule has 1 unspecified atom stereocenters. The Morgan fingerprint density at radius 3 is 2.05 bits per heavy atom. The van der Waals surface area contributed by atoms with Crippen molar-refractivity contribution in [3.05, 3.63) is 36.9 Å². The number of carboxylic acid groups (broad SMARTS) is 1. The third kappa shape index (κ3) is 4.81. The predicted octanol–water partition coefficient (Wildman–Crippen LogP) is 3.25. The van der Waals surface area contributed by atoms with Gasteiger partial charge in [-0.3, -0.25) is 4.79 Å². The van der Waals surface area contributed by atoms with Crippen molar-refractivity contribution in [2.45, 2.75) is 20.8 Å². The van der Waals surface area contributed by atoms with Crippen molar-refractivity contribution in [3.63, 3.8) is 0 Å². The van der Waals surface area contributed by atoms with Gasteiger partial charge in [0, 0.05) is 37.6 Å². The summed E-state index contributed by atoms with van der Waals surface area (Å²) in [6, 6.07) is 8.27. The van der Waals surface area contributed by atoms with Crippen molar-refractivity contribution < 1.29 is 9.90 Å². The van der Waals surface area contributed by atoms with Crippen molar-refractivity contribution in [1.82, 2.24) is 0 Å². The molecule has 0 amide bonds. The average Bonchev–Trinajstić information content (AvgIpc) is 2.48. The lowest BCUT2D eigenvalue weighted by atomic mass is 10.1. The summed E-state index contributed by atoms with van der Waals surface area (Å²) in [6.45, 7) is 12.8. The molecule has 0 aliphatic carbocycles. The van der Waals surface area contributed by atoms with Crippen LogP contribution in [0.4, 0.5) is 11.4 Å². The summed E-state index contributed by atoms with van der Waals surface area (Å²) in [7, 11) is 0. The molecule has 1 atom stereocenters. The molecule has 0 aliphatic heterocycles. The Morgan fingerprint density at radius 1 is 1.19 bits per heavy atom. The molecule has 0 aliphatic rings. The maximum Gasteiger partial charge on any atom is 0.308 e. The molecule has 4 nitrogen and oxygen atoms in total. The molecule has 4 heteroatoms. The molecule has 1 aromatic carbocycles. The first-order valence-electron chi connectivity index (χ1n) is 7.47. The molecule has 21 heavy (non-hydrogen) atoms. The number of nitrogens with zero attached hydrogens (tertiary/aromatic N) is 2. The van der Waals surface area contributed by atoms with Crippen LogP contribution < -0.4 is 9.80 Å². The Kier molecular flexibility index (Phi) is 6.79. The zero-order chi connectivity index (χ0) is 15.8. The number of benzene rings is 1. The van der Waals surface area contributed by atoms with Gasteiger partial charge in [0.1, 0.15) is 0 Å². The largest absolute Gasteiger partial charge is 0.481 e. The number of hydrogen-bond acceptors (Lipinski definition) is 3.